The SMILES string of the molecule is CC(C)(C)OCCOCc1ccccc1C#CCO. The summed E-state index contributed by atoms with van der Waals surface area (Å²) in [6.45, 7) is 7.57. The molecule has 0 saturated carbocycles. The summed E-state index contributed by atoms with van der Waals surface area (Å²) in [5, 5.41) is 8.72. The first-order chi connectivity index (χ1) is 9.03. The maximum Gasteiger partial charge on any atom is 0.104 e. The van der Waals surface area contributed by atoms with E-state index in [1.54, 1.807) is 0 Å². The Hall–Kier alpha value is -1.34. The molecule has 0 aromatic heterocycles. The molecule has 0 bridgehead atoms. The topological polar surface area (TPSA) is 38.7 Å². The fourth-order valence-corrected chi connectivity index (χ4v) is 1.49. The zero-order chi connectivity index (χ0) is 14.1. The van der Waals surface area contributed by atoms with Crippen LogP contribution in [0.3, 0.4) is 0 Å². The van der Waals surface area contributed by atoms with Crippen LogP contribution in [0.2, 0.25) is 0 Å². The van der Waals surface area contributed by atoms with Gasteiger partial charge in [0.15, 0.2) is 0 Å². The van der Waals surface area contributed by atoms with Crippen LogP contribution in [0.5, 0.6) is 0 Å². The molecule has 0 saturated heterocycles. The van der Waals surface area contributed by atoms with Gasteiger partial charge in [0, 0.05) is 5.56 Å². The number of aliphatic hydroxyl groups is 1. The van der Waals surface area contributed by atoms with Crippen LogP contribution < -0.4 is 0 Å². The molecule has 0 radical (unpaired) electrons. The highest BCUT2D eigenvalue weighted by molar-refractivity contribution is 5.40. The number of ether oxygens (including phenoxy) is 2. The maximum absolute atomic E-state index is 8.72. The van der Waals surface area contributed by atoms with E-state index in [4.69, 9.17) is 14.6 Å². The molecule has 0 unspecified atom stereocenters. The van der Waals surface area contributed by atoms with Gasteiger partial charge in [-0.3, -0.25) is 0 Å². The first kappa shape index (κ1) is 15.7. The van der Waals surface area contributed by atoms with Crippen molar-refractivity contribution in [2.45, 2.75) is 33.0 Å². The van der Waals surface area contributed by atoms with Gasteiger partial charge in [0.1, 0.15) is 6.61 Å². The van der Waals surface area contributed by atoms with Crippen molar-refractivity contribution in [1.29, 1.82) is 0 Å². The molecule has 0 fully saturated rings. The third kappa shape index (κ3) is 6.97. The number of aliphatic hydroxyl groups excluding tert-OH is 1. The monoisotopic (exact) mass is 262 g/mol. The van der Waals surface area contributed by atoms with Crippen molar-refractivity contribution in [3.8, 4) is 11.8 Å². The maximum atomic E-state index is 8.72. The summed E-state index contributed by atoms with van der Waals surface area (Å²) in [4.78, 5) is 0. The second-order valence-corrected chi connectivity index (χ2v) is 5.13. The number of hydrogen-bond donors (Lipinski definition) is 1. The van der Waals surface area contributed by atoms with E-state index in [0.29, 0.717) is 19.8 Å². The van der Waals surface area contributed by atoms with Crippen molar-refractivity contribution in [2.24, 2.45) is 0 Å². The van der Waals surface area contributed by atoms with Gasteiger partial charge in [0.05, 0.1) is 25.4 Å². The molecule has 1 aromatic carbocycles. The van der Waals surface area contributed by atoms with Crippen LogP contribution in [0, 0.1) is 11.8 Å². The van der Waals surface area contributed by atoms with Crippen molar-refractivity contribution in [2.75, 3.05) is 19.8 Å². The van der Waals surface area contributed by atoms with Gasteiger partial charge in [0.25, 0.3) is 0 Å². The molecule has 0 spiro atoms. The lowest BCUT2D eigenvalue weighted by atomic mass is 10.1. The van der Waals surface area contributed by atoms with E-state index >= 15 is 0 Å². The van der Waals surface area contributed by atoms with Crippen LogP contribution >= 0.6 is 0 Å². The Kier molecular flexibility index (Phi) is 6.58. The lowest BCUT2D eigenvalue weighted by Gasteiger charge is -2.19. The normalized spacial score (nSPS) is 10.9. The predicted octanol–water partition coefficient (Wildman–Crippen LogP) is 2.36. The number of benzene rings is 1. The molecule has 3 heteroatoms. The zero-order valence-electron chi connectivity index (χ0n) is 11.9. The smallest absolute Gasteiger partial charge is 0.104 e. The van der Waals surface area contributed by atoms with Crippen LogP contribution in [0.4, 0.5) is 0 Å². The van der Waals surface area contributed by atoms with E-state index < -0.39 is 0 Å². The third-order valence-corrected chi connectivity index (χ3v) is 2.34. The van der Waals surface area contributed by atoms with Crippen LogP contribution in [0.15, 0.2) is 24.3 Å². The molecular formula is C16H22O3. The average Bonchev–Trinajstić information content (AvgIpc) is 2.36. The molecule has 3 nitrogen and oxygen atoms in total. The minimum Gasteiger partial charge on any atom is -0.384 e. The molecule has 19 heavy (non-hydrogen) atoms. The van der Waals surface area contributed by atoms with E-state index in [9.17, 15) is 0 Å². The highest BCUT2D eigenvalue weighted by Gasteiger charge is 2.09. The molecule has 104 valence electrons. The van der Waals surface area contributed by atoms with Gasteiger partial charge in [-0.25, -0.2) is 0 Å². The van der Waals surface area contributed by atoms with Gasteiger partial charge in [-0.05, 0) is 32.4 Å². The molecule has 0 aliphatic heterocycles. The summed E-state index contributed by atoms with van der Waals surface area (Å²) in [5.74, 6) is 5.57. The van der Waals surface area contributed by atoms with Gasteiger partial charge in [-0.15, -0.1) is 0 Å². The minimum absolute atomic E-state index is 0.130. The largest absolute Gasteiger partial charge is 0.384 e. The van der Waals surface area contributed by atoms with Crippen LogP contribution in [0.1, 0.15) is 31.9 Å². The summed E-state index contributed by atoms with van der Waals surface area (Å²) >= 11 is 0. The van der Waals surface area contributed by atoms with Crippen LogP contribution in [-0.4, -0.2) is 30.5 Å². The van der Waals surface area contributed by atoms with Crippen molar-refractivity contribution in [3.05, 3.63) is 35.4 Å². The summed E-state index contributed by atoms with van der Waals surface area (Å²) in [5.41, 5.74) is 1.79. The van der Waals surface area contributed by atoms with Gasteiger partial charge < -0.3 is 14.6 Å². The van der Waals surface area contributed by atoms with E-state index in [1.807, 2.05) is 45.0 Å². The minimum atomic E-state index is -0.131. The molecule has 1 rings (SSSR count). The van der Waals surface area contributed by atoms with E-state index in [0.717, 1.165) is 11.1 Å². The molecular weight excluding hydrogens is 240 g/mol. The molecule has 0 aliphatic carbocycles. The van der Waals surface area contributed by atoms with Crippen LogP contribution in [-0.2, 0) is 16.1 Å². The van der Waals surface area contributed by atoms with Crippen molar-refractivity contribution < 1.29 is 14.6 Å². The lowest BCUT2D eigenvalue weighted by Crippen LogP contribution is -2.21. The number of hydrogen-bond acceptors (Lipinski definition) is 3. The van der Waals surface area contributed by atoms with Crippen molar-refractivity contribution in [1.82, 2.24) is 0 Å². The zero-order valence-corrected chi connectivity index (χ0v) is 11.9. The molecule has 0 amide bonds. The van der Waals surface area contributed by atoms with Gasteiger partial charge in [0.2, 0.25) is 0 Å². The lowest BCUT2D eigenvalue weighted by molar-refractivity contribution is -0.0377. The van der Waals surface area contributed by atoms with Gasteiger partial charge >= 0.3 is 0 Å². The summed E-state index contributed by atoms with van der Waals surface area (Å²) in [6, 6.07) is 7.78. The molecule has 0 aliphatic rings. The Morgan fingerprint density at radius 1 is 1.16 bits per heavy atom. The number of rotatable bonds is 5. The molecule has 1 aromatic rings. The Bertz CT molecular complexity index is 435. The van der Waals surface area contributed by atoms with Gasteiger partial charge in [-0.2, -0.15) is 0 Å². The second-order valence-electron chi connectivity index (χ2n) is 5.13. The third-order valence-electron chi connectivity index (χ3n) is 2.34. The van der Waals surface area contributed by atoms with E-state index in [1.165, 1.54) is 0 Å². The first-order valence-electron chi connectivity index (χ1n) is 6.42. The van der Waals surface area contributed by atoms with E-state index in [2.05, 4.69) is 11.8 Å². The fraction of sp³-hybridized carbons (Fsp3) is 0.500. The molecule has 0 heterocycles. The van der Waals surface area contributed by atoms with Gasteiger partial charge in [-0.1, -0.05) is 30.0 Å². The summed E-state index contributed by atoms with van der Waals surface area (Å²) in [7, 11) is 0. The Morgan fingerprint density at radius 2 is 1.89 bits per heavy atom. The van der Waals surface area contributed by atoms with E-state index in [-0.39, 0.29) is 12.2 Å². The Balaban J connectivity index is 2.41. The molecule has 1 N–H and O–H groups in total. The first-order valence-corrected chi connectivity index (χ1v) is 6.42. The average molecular weight is 262 g/mol. The van der Waals surface area contributed by atoms with Crippen molar-refractivity contribution in [3.63, 3.8) is 0 Å². The summed E-state index contributed by atoms with van der Waals surface area (Å²) < 4.78 is 11.2. The Morgan fingerprint density at radius 3 is 2.58 bits per heavy atom. The molecule has 0 atom stereocenters. The van der Waals surface area contributed by atoms with Crippen LogP contribution in [0.25, 0.3) is 0 Å². The highest BCUT2D eigenvalue weighted by Crippen LogP contribution is 2.09. The fourth-order valence-electron chi connectivity index (χ4n) is 1.49. The Labute approximate surface area is 115 Å². The van der Waals surface area contributed by atoms with Crippen molar-refractivity contribution >= 4 is 0 Å². The second kappa shape index (κ2) is 7.96. The predicted molar refractivity (Wildman–Crippen MR) is 75.8 cm³/mol. The summed E-state index contributed by atoms with van der Waals surface area (Å²) in [6.07, 6.45) is 0. The highest BCUT2D eigenvalue weighted by atomic mass is 16.5. The quantitative estimate of drug-likeness (QED) is 0.654. The standard InChI is InChI=1S/C16H22O3/c1-16(2,3)19-12-11-18-13-15-8-5-4-7-14(15)9-6-10-17/h4-5,7-8,17H,10-13H2,1-3H3.